The summed E-state index contributed by atoms with van der Waals surface area (Å²) in [7, 11) is 0. The number of allylic oxidation sites excluding steroid dienone is 1. The van der Waals surface area contributed by atoms with Crippen molar-refractivity contribution in [3.8, 4) is 0 Å². The normalized spacial score (nSPS) is 9.87. The molecule has 0 saturated carbocycles. The summed E-state index contributed by atoms with van der Waals surface area (Å²) >= 11 is 0. The molecule has 3 nitrogen and oxygen atoms in total. The van der Waals surface area contributed by atoms with E-state index < -0.39 is 0 Å². The second-order valence-corrected chi connectivity index (χ2v) is 3.64. The van der Waals surface area contributed by atoms with E-state index in [2.05, 4.69) is 6.08 Å². The van der Waals surface area contributed by atoms with Gasteiger partial charge in [0, 0.05) is 5.69 Å². The Morgan fingerprint density at radius 2 is 1.67 bits per heavy atom. The van der Waals surface area contributed by atoms with Crippen molar-refractivity contribution < 1.29 is 10.2 Å². The molecule has 0 radical (unpaired) electrons. The summed E-state index contributed by atoms with van der Waals surface area (Å²) in [6, 6.07) is 7.67. The fourth-order valence-corrected chi connectivity index (χ4v) is 1.32. The lowest BCUT2D eigenvalue weighted by Crippen LogP contribution is -2.24. The van der Waals surface area contributed by atoms with Crippen LogP contribution in [0.2, 0.25) is 0 Å². The topological polar surface area (TPSA) is 43.7 Å². The van der Waals surface area contributed by atoms with Crippen LogP contribution < -0.4 is 4.90 Å². The van der Waals surface area contributed by atoms with Crippen molar-refractivity contribution >= 4 is 11.8 Å². The minimum absolute atomic E-state index is 0.182. The third-order valence-electron chi connectivity index (χ3n) is 2.05. The summed E-state index contributed by atoms with van der Waals surface area (Å²) in [6.07, 6.45) is 2.08. The maximum Gasteiger partial charge on any atom is 0.117 e. The van der Waals surface area contributed by atoms with Crippen molar-refractivity contribution in [3.05, 3.63) is 35.4 Å². The van der Waals surface area contributed by atoms with Gasteiger partial charge < -0.3 is 15.1 Å². The summed E-state index contributed by atoms with van der Waals surface area (Å²) in [5, 5.41) is 17.9. The standard InChI is InChI=1S/C12H17NO2/c1-10(2)7-11-3-5-12(6-4-11)13(8-14)9-15/h3-7,14-15H,8-9H2,1-2H3. The van der Waals surface area contributed by atoms with Crippen LogP contribution in [0.3, 0.4) is 0 Å². The second-order valence-electron chi connectivity index (χ2n) is 3.64. The fraction of sp³-hybridized carbons (Fsp3) is 0.333. The number of aliphatic hydroxyl groups excluding tert-OH is 2. The predicted octanol–water partition coefficient (Wildman–Crippen LogP) is 1.82. The smallest absolute Gasteiger partial charge is 0.117 e. The summed E-state index contributed by atoms with van der Waals surface area (Å²) in [4.78, 5) is 1.46. The lowest BCUT2D eigenvalue weighted by atomic mass is 10.1. The molecule has 0 atom stereocenters. The Labute approximate surface area is 90.3 Å². The summed E-state index contributed by atoms with van der Waals surface area (Å²) in [5.41, 5.74) is 3.17. The zero-order valence-corrected chi connectivity index (χ0v) is 9.14. The highest BCUT2D eigenvalue weighted by Gasteiger charge is 2.01. The van der Waals surface area contributed by atoms with Crippen molar-refractivity contribution in [1.29, 1.82) is 0 Å². The molecule has 1 aromatic carbocycles. The Bertz CT molecular complexity index is 322. The van der Waals surface area contributed by atoms with Crippen molar-refractivity contribution in [1.82, 2.24) is 0 Å². The summed E-state index contributed by atoms with van der Waals surface area (Å²) in [5.74, 6) is 0. The van der Waals surface area contributed by atoms with E-state index in [4.69, 9.17) is 10.2 Å². The Balaban J connectivity index is 2.84. The van der Waals surface area contributed by atoms with Gasteiger partial charge in [0.15, 0.2) is 0 Å². The molecule has 0 saturated heterocycles. The first kappa shape index (κ1) is 11.8. The Hall–Kier alpha value is -1.32. The number of rotatable bonds is 4. The van der Waals surface area contributed by atoms with Gasteiger partial charge in [0.25, 0.3) is 0 Å². The van der Waals surface area contributed by atoms with Gasteiger partial charge in [0.05, 0.1) is 0 Å². The lowest BCUT2D eigenvalue weighted by molar-refractivity contribution is 0.223. The molecule has 2 N–H and O–H groups in total. The van der Waals surface area contributed by atoms with Gasteiger partial charge in [0.2, 0.25) is 0 Å². The number of benzene rings is 1. The molecule has 0 heterocycles. The number of hydrogen-bond donors (Lipinski definition) is 2. The zero-order valence-electron chi connectivity index (χ0n) is 9.14. The van der Waals surface area contributed by atoms with E-state index in [1.54, 1.807) is 0 Å². The molecule has 3 heteroatoms. The molecule has 0 aliphatic heterocycles. The highest BCUT2D eigenvalue weighted by molar-refractivity contribution is 5.57. The molecule has 0 spiro atoms. The highest BCUT2D eigenvalue weighted by atomic mass is 16.3. The minimum atomic E-state index is -0.182. The van der Waals surface area contributed by atoms with Crippen LogP contribution >= 0.6 is 0 Å². The molecule has 15 heavy (non-hydrogen) atoms. The van der Waals surface area contributed by atoms with Crippen LogP contribution in [0.5, 0.6) is 0 Å². The number of hydrogen-bond acceptors (Lipinski definition) is 3. The lowest BCUT2D eigenvalue weighted by Gasteiger charge is -2.18. The molecule has 0 amide bonds. The fourth-order valence-electron chi connectivity index (χ4n) is 1.32. The van der Waals surface area contributed by atoms with Gasteiger partial charge in [0.1, 0.15) is 13.5 Å². The summed E-state index contributed by atoms with van der Waals surface area (Å²) in [6.45, 7) is 3.72. The largest absolute Gasteiger partial charge is 0.376 e. The van der Waals surface area contributed by atoms with Gasteiger partial charge in [-0.05, 0) is 31.5 Å². The van der Waals surface area contributed by atoms with Gasteiger partial charge >= 0.3 is 0 Å². The molecule has 0 bridgehead atoms. The van der Waals surface area contributed by atoms with E-state index in [-0.39, 0.29) is 13.5 Å². The Morgan fingerprint density at radius 1 is 1.13 bits per heavy atom. The number of anilines is 1. The predicted molar refractivity (Wildman–Crippen MR) is 62.4 cm³/mol. The van der Waals surface area contributed by atoms with E-state index in [0.29, 0.717) is 0 Å². The van der Waals surface area contributed by atoms with Crippen molar-refractivity contribution in [3.63, 3.8) is 0 Å². The average Bonchev–Trinajstić information content (AvgIpc) is 2.21. The van der Waals surface area contributed by atoms with Crippen LogP contribution in [-0.4, -0.2) is 23.7 Å². The van der Waals surface area contributed by atoms with Crippen molar-refractivity contribution in [2.45, 2.75) is 13.8 Å². The zero-order chi connectivity index (χ0) is 11.3. The highest BCUT2D eigenvalue weighted by Crippen LogP contribution is 2.15. The monoisotopic (exact) mass is 207 g/mol. The SMILES string of the molecule is CC(C)=Cc1ccc(N(CO)CO)cc1. The van der Waals surface area contributed by atoms with Gasteiger partial charge in [-0.3, -0.25) is 0 Å². The first-order valence-corrected chi connectivity index (χ1v) is 4.89. The van der Waals surface area contributed by atoms with Crippen LogP contribution in [0.4, 0.5) is 5.69 Å². The van der Waals surface area contributed by atoms with Crippen LogP contribution in [-0.2, 0) is 0 Å². The minimum Gasteiger partial charge on any atom is -0.376 e. The third-order valence-corrected chi connectivity index (χ3v) is 2.05. The average molecular weight is 207 g/mol. The maximum absolute atomic E-state index is 8.95. The quantitative estimate of drug-likeness (QED) is 0.740. The van der Waals surface area contributed by atoms with E-state index in [1.165, 1.54) is 10.5 Å². The molecule has 0 unspecified atom stereocenters. The van der Waals surface area contributed by atoms with E-state index in [0.717, 1.165) is 11.3 Å². The number of nitrogens with zero attached hydrogens (tertiary/aromatic N) is 1. The molecule has 1 aromatic rings. The van der Waals surface area contributed by atoms with Crippen LogP contribution in [0.25, 0.3) is 6.08 Å². The first-order chi connectivity index (χ1) is 7.17. The maximum atomic E-state index is 8.95. The first-order valence-electron chi connectivity index (χ1n) is 4.89. The molecule has 0 aromatic heterocycles. The Kier molecular flexibility index (Phi) is 4.34. The van der Waals surface area contributed by atoms with Gasteiger partial charge in [-0.15, -0.1) is 0 Å². The second kappa shape index (κ2) is 5.53. The van der Waals surface area contributed by atoms with Crippen LogP contribution in [0.15, 0.2) is 29.8 Å². The molecular formula is C12H17NO2. The molecule has 0 aliphatic carbocycles. The van der Waals surface area contributed by atoms with Crippen LogP contribution in [0.1, 0.15) is 19.4 Å². The molecule has 1 rings (SSSR count). The van der Waals surface area contributed by atoms with Crippen LogP contribution in [0, 0.1) is 0 Å². The molecular weight excluding hydrogens is 190 g/mol. The number of aliphatic hydroxyl groups is 2. The van der Waals surface area contributed by atoms with E-state index >= 15 is 0 Å². The third kappa shape index (κ3) is 3.38. The van der Waals surface area contributed by atoms with Gasteiger partial charge in [-0.2, -0.15) is 0 Å². The van der Waals surface area contributed by atoms with E-state index in [1.807, 2.05) is 38.1 Å². The molecule has 0 fully saturated rings. The van der Waals surface area contributed by atoms with Gasteiger partial charge in [-0.25, -0.2) is 0 Å². The molecule has 82 valence electrons. The van der Waals surface area contributed by atoms with Crippen molar-refractivity contribution in [2.24, 2.45) is 0 Å². The van der Waals surface area contributed by atoms with E-state index in [9.17, 15) is 0 Å². The van der Waals surface area contributed by atoms with Gasteiger partial charge in [-0.1, -0.05) is 23.8 Å². The molecule has 0 aliphatic rings. The summed E-state index contributed by atoms with van der Waals surface area (Å²) < 4.78 is 0. The Morgan fingerprint density at radius 3 is 2.07 bits per heavy atom. The van der Waals surface area contributed by atoms with Crippen molar-refractivity contribution in [2.75, 3.05) is 18.4 Å².